The minimum atomic E-state index is -0.361. The third-order valence-corrected chi connectivity index (χ3v) is 3.66. The second kappa shape index (κ2) is 6.63. The van der Waals surface area contributed by atoms with Gasteiger partial charge < -0.3 is 5.73 Å². The number of nitrogens with two attached hydrogens (primary N) is 1. The number of benzene rings is 1. The van der Waals surface area contributed by atoms with E-state index in [0.29, 0.717) is 18.0 Å². The molecule has 1 aliphatic rings. The van der Waals surface area contributed by atoms with Crippen LogP contribution in [0.25, 0.3) is 0 Å². The van der Waals surface area contributed by atoms with Crippen LogP contribution in [0, 0.1) is 5.92 Å². The average molecular weight is 275 g/mol. The molecule has 0 bridgehead atoms. The summed E-state index contributed by atoms with van der Waals surface area (Å²) >= 11 is 0. The van der Waals surface area contributed by atoms with Crippen LogP contribution in [0.3, 0.4) is 0 Å². The van der Waals surface area contributed by atoms with Crippen LogP contribution in [0.15, 0.2) is 30.3 Å². The van der Waals surface area contributed by atoms with Crippen molar-refractivity contribution in [3.63, 3.8) is 0 Å². The van der Waals surface area contributed by atoms with Crippen molar-refractivity contribution in [2.45, 2.75) is 18.9 Å². The first-order valence-electron chi connectivity index (χ1n) is 6.91. The summed E-state index contributed by atoms with van der Waals surface area (Å²) < 4.78 is 0. The normalized spacial score (nSPS) is 15.9. The summed E-state index contributed by atoms with van der Waals surface area (Å²) in [6.07, 6.45) is 2.35. The largest absolute Gasteiger partial charge is 0.329 e. The fraction of sp³-hybridized carbons (Fsp3) is 0.467. The average Bonchev–Trinajstić information content (AvgIpc) is 3.25. The smallest absolute Gasteiger partial charge is 0.257 e. The first kappa shape index (κ1) is 14.7. The topological polar surface area (TPSA) is 75.4 Å². The second-order valence-corrected chi connectivity index (χ2v) is 5.30. The lowest BCUT2D eigenvalue weighted by atomic mass is 10.1. The standard InChI is InChI=1S/C15H21N3O2/c1-18(13(9-16)11-7-8-11)10-14(19)17-15(20)12-5-3-2-4-6-12/h2-6,11,13H,7-10,16H2,1H3,(H,17,19,20). The Morgan fingerprint density at radius 3 is 2.55 bits per heavy atom. The van der Waals surface area contributed by atoms with Gasteiger partial charge in [0, 0.05) is 18.2 Å². The van der Waals surface area contributed by atoms with Crippen LogP contribution in [0.4, 0.5) is 0 Å². The molecule has 0 saturated heterocycles. The number of nitrogens with zero attached hydrogens (tertiary/aromatic N) is 1. The van der Waals surface area contributed by atoms with E-state index in [2.05, 4.69) is 5.32 Å². The van der Waals surface area contributed by atoms with Crippen molar-refractivity contribution < 1.29 is 9.59 Å². The molecule has 0 aromatic heterocycles. The summed E-state index contributed by atoms with van der Waals surface area (Å²) in [5, 5.41) is 2.41. The molecule has 0 radical (unpaired) electrons. The zero-order valence-corrected chi connectivity index (χ0v) is 11.7. The zero-order chi connectivity index (χ0) is 14.5. The summed E-state index contributed by atoms with van der Waals surface area (Å²) in [5.41, 5.74) is 6.23. The maximum atomic E-state index is 11.9. The first-order chi connectivity index (χ1) is 9.61. The maximum absolute atomic E-state index is 11.9. The van der Waals surface area contributed by atoms with Gasteiger partial charge in [0.15, 0.2) is 0 Å². The van der Waals surface area contributed by atoms with Crippen molar-refractivity contribution >= 4 is 11.8 Å². The van der Waals surface area contributed by atoms with Gasteiger partial charge in [0.1, 0.15) is 0 Å². The van der Waals surface area contributed by atoms with E-state index in [-0.39, 0.29) is 24.4 Å². The number of imide groups is 1. The Labute approximate surface area is 119 Å². The van der Waals surface area contributed by atoms with Gasteiger partial charge >= 0.3 is 0 Å². The van der Waals surface area contributed by atoms with Gasteiger partial charge in [-0.05, 0) is 37.9 Å². The van der Waals surface area contributed by atoms with Gasteiger partial charge in [0.2, 0.25) is 5.91 Å². The number of hydrogen-bond acceptors (Lipinski definition) is 4. The van der Waals surface area contributed by atoms with Crippen LogP contribution in [0.2, 0.25) is 0 Å². The van der Waals surface area contributed by atoms with Gasteiger partial charge in [-0.25, -0.2) is 0 Å². The number of likely N-dealkylation sites (N-methyl/N-ethyl adjacent to an activating group) is 1. The Hall–Kier alpha value is -1.72. The van der Waals surface area contributed by atoms with Gasteiger partial charge in [-0.2, -0.15) is 0 Å². The molecule has 1 saturated carbocycles. The Balaban J connectivity index is 1.84. The third-order valence-electron chi connectivity index (χ3n) is 3.66. The highest BCUT2D eigenvalue weighted by Crippen LogP contribution is 2.34. The predicted molar refractivity (Wildman–Crippen MR) is 77.1 cm³/mol. The monoisotopic (exact) mass is 275 g/mol. The fourth-order valence-electron chi connectivity index (χ4n) is 2.38. The molecule has 1 aromatic carbocycles. The van der Waals surface area contributed by atoms with Crippen molar-refractivity contribution in [1.82, 2.24) is 10.2 Å². The molecule has 1 aliphatic carbocycles. The van der Waals surface area contributed by atoms with E-state index >= 15 is 0 Å². The van der Waals surface area contributed by atoms with Crippen LogP contribution in [-0.2, 0) is 4.79 Å². The van der Waals surface area contributed by atoms with Crippen LogP contribution in [0.1, 0.15) is 23.2 Å². The molecule has 3 N–H and O–H groups in total. The Kier molecular flexibility index (Phi) is 4.87. The van der Waals surface area contributed by atoms with Gasteiger partial charge in [0.05, 0.1) is 6.54 Å². The van der Waals surface area contributed by atoms with Crippen molar-refractivity contribution in [1.29, 1.82) is 0 Å². The molecule has 2 amide bonds. The first-order valence-corrected chi connectivity index (χ1v) is 6.91. The number of carbonyl (C=O) groups excluding carboxylic acids is 2. The van der Waals surface area contributed by atoms with E-state index in [1.807, 2.05) is 18.0 Å². The summed E-state index contributed by atoms with van der Waals surface area (Å²) in [4.78, 5) is 25.7. The molecular formula is C15H21N3O2. The summed E-state index contributed by atoms with van der Waals surface area (Å²) in [6, 6.07) is 8.95. The lowest BCUT2D eigenvalue weighted by Crippen LogP contribution is -2.46. The SMILES string of the molecule is CN(CC(=O)NC(=O)c1ccccc1)C(CN)C1CC1. The Morgan fingerprint density at radius 2 is 2.00 bits per heavy atom. The number of nitrogens with one attached hydrogen (secondary N) is 1. The van der Waals surface area contributed by atoms with Crippen LogP contribution < -0.4 is 11.1 Å². The van der Waals surface area contributed by atoms with Crippen molar-refractivity contribution in [2.75, 3.05) is 20.1 Å². The molecule has 1 aromatic rings. The lowest BCUT2D eigenvalue weighted by molar-refractivity contribution is -0.121. The molecular weight excluding hydrogens is 254 g/mol. The number of carbonyl (C=O) groups is 2. The molecule has 0 aliphatic heterocycles. The molecule has 20 heavy (non-hydrogen) atoms. The predicted octanol–water partition coefficient (Wildman–Crippen LogP) is 0.612. The van der Waals surface area contributed by atoms with Crippen LogP contribution in [0.5, 0.6) is 0 Å². The number of hydrogen-bond donors (Lipinski definition) is 2. The summed E-state index contributed by atoms with van der Waals surface area (Å²) in [6.45, 7) is 0.734. The maximum Gasteiger partial charge on any atom is 0.257 e. The van der Waals surface area contributed by atoms with E-state index in [1.165, 1.54) is 12.8 Å². The van der Waals surface area contributed by atoms with E-state index in [9.17, 15) is 9.59 Å². The van der Waals surface area contributed by atoms with Gasteiger partial charge in [-0.15, -0.1) is 0 Å². The van der Waals surface area contributed by atoms with Gasteiger partial charge in [-0.3, -0.25) is 19.8 Å². The molecule has 5 nitrogen and oxygen atoms in total. The van der Waals surface area contributed by atoms with Gasteiger partial charge in [0.25, 0.3) is 5.91 Å². The highest BCUT2D eigenvalue weighted by molar-refractivity contribution is 6.05. The lowest BCUT2D eigenvalue weighted by Gasteiger charge is -2.26. The summed E-state index contributed by atoms with van der Waals surface area (Å²) in [7, 11) is 1.88. The molecule has 1 fully saturated rings. The minimum Gasteiger partial charge on any atom is -0.329 e. The molecule has 5 heteroatoms. The zero-order valence-electron chi connectivity index (χ0n) is 11.7. The second-order valence-electron chi connectivity index (χ2n) is 5.30. The van der Waals surface area contributed by atoms with Crippen molar-refractivity contribution in [2.24, 2.45) is 11.7 Å². The number of rotatable bonds is 6. The quantitative estimate of drug-likeness (QED) is 0.797. The van der Waals surface area contributed by atoms with Crippen molar-refractivity contribution in [3.05, 3.63) is 35.9 Å². The van der Waals surface area contributed by atoms with Gasteiger partial charge in [-0.1, -0.05) is 18.2 Å². The van der Waals surface area contributed by atoms with E-state index in [1.54, 1.807) is 24.3 Å². The molecule has 0 heterocycles. The molecule has 2 rings (SSSR count). The highest BCUT2D eigenvalue weighted by Gasteiger charge is 2.33. The minimum absolute atomic E-state index is 0.191. The van der Waals surface area contributed by atoms with Crippen molar-refractivity contribution in [3.8, 4) is 0 Å². The van der Waals surface area contributed by atoms with E-state index in [0.717, 1.165) is 0 Å². The van der Waals surface area contributed by atoms with E-state index in [4.69, 9.17) is 5.73 Å². The molecule has 1 unspecified atom stereocenters. The van der Waals surface area contributed by atoms with Crippen LogP contribution >= 0.6 is 0 Å². The Bertz CT molecular complexity index is 471. The van der Waals surface area contributed by atoms with E-state index < -0.39 is 0 Å². The highest BCUT2D eigenvalue weighted by atomic mass is 16.2. The molecule has 0 spiro atoms. The fourth-order valence-corrected chi connectivity index (χ4v) is 2.38. The third kappa shape index (κ3) is 3.88. The Morgan fingerprint density at radius 1 is 1.35 bits per heavy atom. The molecule has 1 atom stereocenters. The number of amides is 2. The molecule has 108 valence electrons. The summed E-state index contributed by atoms with van der Waals surface area (Å²) in [5.74, 6) is -0.0530. The van der Waals surface area contributed by atoms with Crippen LogP contribution in [-0.4, -0.2) is 42.9 Å².